The summed E-state index contributed by atoms with van der Waals surface area (Å²) in [6, 6.07) is 1.84. The van der Waals surface area contributed by atoms with Gasteiger partial charge in [-0.1, -0.05) is 16.8 Å². The molecule has 0 aliphatic heterocycles. The minimum Gasteiger partial charge on any atom is -0.362 e. The molecule has 0 spiro atoms. The highest BCUT2D eigenvalue weighted by Crippen LogP contribution is 2.15. The Labute approximate surface area is 91.5 Å². The summed E-state index contributed by atoms with van der Waals surface area (Å²) in [5, 5.41) is 7.19. The molecule has 78 valence electrons. The Balaban J connectivity index is 2.02. The van der Waals surface area contributed by atoms with Gasteiger partial charge in [-0.15, -0.1) is 0 Å². The van der Waals surface area contributed by atoms with Crippen LogP contribution >= 0.6 is 11.6 Å². The summed E-state index contributed by atoms with van der Waals surface area (Å²) in [6.07, 6.45) is 3.11. The molecule has 0 aliphatic rings. The fourth-order valence-corrected chi connectivity index (χ4v) is 1.29. The molecule has 5 nitrogen and oxygen atoms in total. The van der Waals surface area contributed by atoms with Crippen LogP contribution in [0.1, 0.15) is 11.5 Å². The van der Waals surface area contributed by atoms with Gasteiger partial charge in [-0.2, -0.15) is 0 Å². The van der Waals surface area contributed by atoms with Crippen molar-refractivity contribution >= 4 is 17.4 Å². The molecule has 0 atom stereocenters. The topological polar surface area (TPSA) is 63.8 Å². The number of aryl methyl sites for hydroxylation is 1. The number of nitrogens with one attached hydrogen (secondary N) is 1. The Morgan fingerprint density at radius 2 is 2.20 bits per heavy atom. The Hall–Kier alpha value is -1.62. The molecule has 0 saturated heterocycles. The summed E-state index contributed by atoms with van der Waals surface area (Å²) in [6.45, 7) is 2.35. The van der Waals surface area contributed by atoms with E-state index in [0.29, 0.717) is 17.5 Å². The van der Waals surface area contributed by atoms with Gasteiger partial charge in [0, 0.05) is 18.5 Å². The van der Waals surface area contributed by atoms with E-state index in [0.717, 1.165) is 11.5 Å². The molecule has 0 aromatic carbocycles. The first kappa shape index (κ1) is 9.92. The van der Waals surface area contributed by atoms with Gasteiger partial charge in [0.2, 0.25) is 0 Å². The van der Waals surface area contributed by atoms with E-state index in [-0.39, 0.29) is 0 Å². The van der Waals surface area contributed by atoms with Gasteiger partial charge in [0.05, 0.1) is 6.54 Å². The average Bonchev–Trinajstić information content (AvgIpc) is 2.63. The van der Waals surface area contributed by atoms with E-state index >= 15 is 0 Å². The zero-order valence-corrected chi connectivity index (χ0v) is 8.82. The first-order valence-corrected chi connectivity index (χ1v) is 4.76. The summed E-state index contributed by atoms with van der Waals surface area (Å²) in [5.41, 5.74) is 0.800. The number of hydrogen-bond acceptors (Lipinski definition) is 5. The molecule has 0 bridgehead atoms. The van der Waals surface area contributed by atoms with Crippen molar-refractivity contribution in [3.05, 3.63) is 35.1 Å². The molecule has 0 fully saturated rings. The summed E-state index contributed by atoms with van der Waals surface area (Å²) < 4.78 is 4.92. The van der Waals surface area contributed by atoms with E-state index in [1.165, 1.54) is 6.20 Å². The second-order valence-corrected chi connectivity index (χ2v) is 3.34. The molecule has 6 heteroatoms. The van der Waals surface area contributed by atoms with Crippen molar-refractivity contribution in [2.75, 3.05) is 5.32 Å². The third kappa shape index (κ3) is 2.44. The van der Waals surface area contributed by atoms with Crippen molar-refractivity contribution < 1.29 is 4.52 Å². The molecular weight excluding hydrogens is 216 g/mol. The molecular formula is C9H9ClN4O. The predicted octanol–water partition coefficient (Wildman–Crippen LogP) is 2.04. The maximum Gasteiger partial charge on any atom is 0.171 e. The molecule has 0 unspecified atom stereocenters. The average molecular weight is 225 g/mol. The molecule has 0 amide bonds. The SMILES string of the molecule is Cc1cc(CNc2nccnc2Cl)no1. The van der Waals surface area contributed by atoms with Gasteiger partial charge in [0.25, 0.3) is 0 Å². The minimum absolute atomic E-state index is 0.345. The zero-order valence-electron chi connectivity index (χ0n) is 8.07. The van der Waals surface area contributed by atoms with Crippen molar-refractivity contribution in [1.82, 2.24) is 15.1 Å². The molecule has 2 aromatic rings. The van der Waals surface area contributed by atoms with Crippen LogP contribution in [0.25, 0.3) is 0 Å². The maximum atomic E-state index is 5.82. The van der Waals surface area contributed by atoms with Crippen molar-refractivity contribution in [3.63, 3.8) is 0 Å². The van der Waals surface area contributed by atoms with Crippen LogP contribution in [0.5, 0.6) is 0 Å². The van der Waals surface area contributed by atoms with E-state index in [1.54, 1.807) is 6.20 Å². The minimum atomic E-state index is 0.345. The van der Waals surface area contributed by atoms with Crippen molar-refractivity contribution in [1.29, 1.82) is 0 Å². The lowest BCUT2D eigenvalue weighted by atomic mass is 10.4. The number of aromatic nitrogens is 3. The van der Waals surface area contributed by atoms with E-state index in [4.69, 9.17) is 16.1 Å². The molecule has 0 saturated carbocycles. The normalized spacial score (nSPS) is 10.3. The van der Waals surface area contributed by atoms with E-state index < -0.39 is 0 Å². The van der Waals surface area contributed by atoms with E-state index in [9.17, 15) is 0 Å². The van der Waals surface area contributed by atoms with Crippen LogP contribution in [-0.4, -0.2) is 15.1 Å². The highest BCUT2D eigenvalue weighted by molar-refractivity contribution is 6.31. The van der Waals surface area contributed by atoms with Crippen LogP contribution < -0.4 is 5.32 Å². The highest BCUT2D eigenvalue weighted by Gasteiger charge is 2.03. The highest BCUT2D eigenvalue weighted by atomic mass is 35.5. The standard InChI is InChI=1S/C9H9ClN4O/c1-6-4-7(14-15-6)5-13-9-8(10)11-2-3-12-9/h2-4H,5H2,1H3,(H,12,13). The van der Waals surface area contributed by atoms with Crippen LogP contribution in [0, 0.1) is 6.92 Å². The molecule has 0 radical (unpaired) electrons. The van der Waals surface area contributed by atoms with Gasteiger partial charge in [-0.25, -0.2) is 9.97 Å². The second kappa shape index (κ2) is 4.27. The quantitative estimate of drug-likeness (QED) is 0.864. The molecule has 15 heavy (non-hydrogen) atoms. The van der Waals surface area contributed by atoms with E-state index in [1.807, 2.05) is 13.0 Å². The van der Waals surface area contributed by atoms with Gasteiger partial charge in [0.15, 0.2) is 11.0 Å². The van der Waals surface area contributed by atoms with Crippen LogP contribution in [0.2, 0.25) is 5.15 Å². The lowest BCUT2D eigenvalue weighted by Crippen LogP contribution is -2.02. The summed E-state index contributed by atoms with van der Waals surface area (Å²) in [7, 11) is 0. The molecule has 0 aliphatic carbocycles. The van der Waals surface area contributed by atoms with Gasteiger partial charge >= 0.3 is 0 Å². The van der Waals surface area contributed by atoms with Gasteiger partial charge in [0.1, 0.15) is 11.5 Å². The molecule has 2 rings (SSSR count). The Kier molecular flexibility index (Phi) is 2.82. The zero-order chi connectivity index (χ0) is 10.7. The monoisotopic (exact) mass is 224 g/mol. The van der Waals surface area contributed by atoms with Crippen molar-refractivity contribution in [2.24, 2.45) is 0 Å². The Bertz CT molecular complexity index is 457. The number of anilines is 1. The van der Waals surface area contributed by atoms with Crippen LogP contribution in [-0.2, 0) is 6.54 Å². The maximum absolute atomic E-state index is 5.82. The Morgan fingerprint density at radius 1 is 1.40 bits per heavy atom. The summed E-state index contributed by atoms with van der Waals surface area (Å²) in [4.78, 5) is 7.93. The molecule has 2 aromatic heterocycles. The lowest BCUT2D eigenvalue weighted by molar-refractivity contribution is 0.391. The number of nitrogens with zero attached hydrogens (tertiary/aromatic N) is 3. The molecule has 1 N–H and O–H groups in total. The summed E-state index contributed by atoms with van der Waals surface area (Å²) >= 11 is 5.82. The van der Waals surface area contributed by atoms with Gasteiger partial charge in [-0.3, -0.25) is 0 Å². The fraction of sp³-hybridized carbons (Fsp3) is 0.222. The van der Waals surface area contributed by atoms with Crippen LogP contribution in [0.3, 0.4) is 0 Å². The first-order chi connectivity index (χ1) is 7.25. The third-order valence-electron chi connectivity index (χ3n) is 1.77. The van der Waals surface area contributed by atoms with Crippen LogP contribution in [0.4, 0.5) is 5.82 Å². The summed E-state index contributed by atoms with van der Waals surface area (Å²) in [5.74, 6) is 1.32. The second-order valence-electron chi connectivity index (χ2n) is 2.98. The Morgan fingerprint density at radius 3 is 2.87 bits per heavy atom. The van der Waals surface area contributed by atoms with Crippen molar-refractivity contribution in [2.45, 2.75) is 13.5 Å². The number of rotatable bonds is 3. The first-order valence-electron chi connectivity index (χ1n) is 4.38. The third-order valence-corrected chi connectivity index (χ3v) is 2.04. The van der Waals surface area contributed by atoms with E-state index in [2.05, 4.69) is 20.4 Å². The largest absolute Gasteiger partial charge is 0.362 e. The lowest BCUT2D eigenvalue weighted by Gasteiger charge is -2.02. The predicted molar refractivity (Wildman–Crippen MR) is 55.6 cm³/mol. The smallest absolute Gasteiger partial charge is 0.171 e. The number of halogens is 1. The van der Waals surface area contributed by atoms with Gasteiger partial charge < -0.3 is 9.84 Å². The molecule has 2 heterocycles. The van der Waals surface area contributed by atoms with Gasteiger partial charge in [-0.05, 0) is 6.92 Å². The van der Waals surface area contributed by atoms with Crippen molar-refractivity contribution in [3.8, 4) is 0 Å². The fourth-order valence-electron chi connectivity index (χ4n) is 1.12. The van der Waals surface area contributed by atoms with Crippen LogP contribution in [0.15, 0.2) is 23.0 Å². The number of hydrogen-bond donors (Lipinski definition) is 1.